The lowest BCUT2D eigenvalue weighted by Crippen LogP contribution is -2.40. The maximum absolute atomic E-state index is 12.2. The molecule has 0 aromatic heterocycles. The van der Waals surface area contributed by atoms with Gasteiger partial charge in [0.2, 0.25) is 5.91 Å². The van der Waals surface area contributed by atoms with Gasteiger partial charge in [-0.2, -0.15) is 0 Å². The highest BCUT2D eigenvalue weighted by molar-refractivity contribution is 7.99. The molecule has 1 aliphatic rings. The minimum absolute atomic E-state index is 0.0149. The Balaban J connectivity index is 1.98. The van der Waals surface area contributed by atoms with E-state index in [2.05, 4.69) is 11.9 Å². The Bertz CT molecular complexity index is 481. The molecule has 0 atom stereocenters. The summed E-state index contributed by atoms with van der Waals surface area (Å²) < 4.78 is 0. The monoisotopic (exact) mass is 290 g/mol. The van der Waals surface area contributed by atoms with E-state index in [1.807, 2.05) is 30.3 Å². The minimum atomic E-state index is -0.298. The SMILES string of the molecule is C=CCSc1ccccc1NC(=O)CC1(N)CCCC1. The van der Waals surface area contributed by atoms with Crippen LogP contribution in [-0.4, -0.2) is 17.2 Å². The first-order valence-corrected chi connectivity index (χ1v) is 8.03. The summed E-state index contributed by atoms with van der Waals surface area (Å²) >= 11 is 1.67. The van der Waals surface area contributed by atoms with E-state index in [0.29, 0.717) is 6.42 Å². The number of benzene rings is 1. The standard InChI is InChI=1S/C16H22N2OS/c1-2-11-20-14-8-4-3-7-13(14)18-15(19)12-16(17)9-5-6-10-16/h2-4,7-8H,1,5-6,9-12,17H2,(H,18,19). The van der Waals surface area contributed by atoms with Gasteiger partial charge in [0.1, 0.15) is 0 Å². The van der Waals surface area contributed by atoms with E-state index in [1.165, 1.54) is 0 Å². The predicted octanol–water partition coefficient (Wildman–Crippen LogP) is 3.56. The maximum Gasteiger partial charge on any atom is 0.226 e. The number of para-hydroxylation sites is 1. The molecule has 4 heteroatoms. The zero-order chi connectivity index (χ0) is 14.4. The molecule has 0 radical (unpaired) electrons. The second-order valence-electron chi connectivity index (χ2n) is 5.39. The van der Waals surface area contributed by atoms with Crippen molar-refractivity contribution in [2.24, 2.45) is 5.73 Å². The van der Waals surface area contributed by atoms with Gasteiger partial charge in [-0.1, -0.05) is 31.1 Å². The molecule has 3 N–H and O–H groups in total. The molecule has 20 heavy (non-hydrogen) atoms. The molecule has 1 aromatic rings. The topological polar surface area (TPSA) is 55.1 Å². The summed E-state index contributed by atoms with van der Waals surface area (Å²) in [6.45, 7) is 3.72. The number of carbonyl (C=O) groups is 1. The van der Waals surface area contributed by atoms with Crippen LogP contribution in [0.25, 0.3) is 0 Å². The normalized spacial score (nSPS) is 16.9. The zero-order valence-electron chi connectivity index (χ0n) is 11.7. The molecule has 0 bridgehead atoms. The van der Waals surface area contributed by atoms with Crippen LogP contribution in [0.5, 0.6) is 0 Å². The molecule has 0 spiro atoms. The number of nitrogens with two attached hydrogens (primary N) is 1. The zero-order valence-corrected chi connectivity index (χ0v) is 12.5. The summed E-state index contributed by atoms with van der Waals surface area (Å²) in [5.74, 6) is 0.842. The van der Waals surface area contributed by atoms with Gasteiger partial charge in [0.15, 0.2) is 0 Å². The van der Waals surface area contributed by atoms with E-state index in [4.69, 9.17) is 5.73 Å². The van der Waals surface area contributed by atoms with E-state index < -0.39 is 0 Å². The van der Waals surface area contributed by atoms with Gasteiger partial charge in [0, 0.05) is 22.6 Å². The van der Waals surface area contributed by atoms with Crippen molar-refractivity contribution in [3.8, 4) is 0 Å². The highest BCUT2D eigenvalue weighted by atomic mass is 32.2. The second kappa shape index (κ2) is 6.95. The van der Waals surface area contributed by atoms with Gasteiger partial charge >= 0.3 is 0 Å². The van der Waals surface area contributed by atoms with Crippen LogP contribution in [0.1, 0.15) is 32.1 Å². The molecule has 1 saturated carbocycles. The number of nitrogens with one attached hydrogen (secondary N) is 1. The molecule has 1 aromatic carbocycles. The van der Waals surface area contributed by atoms with Gasteiger partial charge in [-0.25, -0.2) is 0 Å². The molecular weight excluding hydrogens is 268 g/mol. The third kappa shape index (κ3) is 4.12. The summed E-state index contributed by atoms with van der Waals surface area (Å²) in [7, 11) is 0. The molecule has 3 nitrogen and oxygen atoms in total. The number of carbonyl (C=O) groups excluding carboxylic acids is 1. The van der Waals surface area contributed by atoms with Crippen molar-refractivity contribution in [2.75, 3.05) is 11.1 Å². The lowest BCUT2D eigenvalue weighted by molar-refractivity contribution is -0.117. The van der Waals surface area contributed by atoms with E-state index in [9.17, 15) is 4.79 Å². The average Bonchev–Trinajstić information content (AvgIpc) is 2.84. The van der Waals surface area contributed by atoms with Crippen molar-refractivity contribution < 1.29 is 4.79 Å². The number of thioether (sulfide) groups is 1. The Hall–Kier alpha value is -1.26. The van der Waals surface area contributed by atoms with Crippen LogP contribution in [0.4, 0.5) is 5.69 Å². The van der Waals surface area contributed by atoms with Gasteiger partial charge in [-0.05, 0) is 25.0 Å². The van der Waals surface area contributed by atoms with Crippen molar-refractivity contribution in [3.05, 3.63) is 36.9 Å². The average molecular weight is 290 g/mol. The summed E-state index contributed by atoms with van der Waals surface area (Å²) in [5, 5.41) is 3.00. The first-order chi connectivity index (χ1) is 9.63. The Kier molecular flexibility index (Phi) is 5.26. The molecule has 0 aliphatic heterocycles. The fourth-order valence-corrected chi connectivity index (χ4v) is 3.36. The van der Waals surface area contributed by atoms with Crippen LogP contribution in [0.3, 0.4) is 0 Å². The van der Waals surface area contributed by atoms with Crippen molar-refractivity contribution in [3.63, 3.8) is 0 Å². The minimum Gasteiger partial charge on any atom is -0.325 e. The number of amides is 1. The van der Waals surface area contributed by atoms with Crippen LogP contribution >= 0.6 is 11.8 Å². The largest absolute Gasteiger partial charge is 0.325 e. The Morgan fingerprint density at radius 3 is 2.80 bits per heavy atom. The lowest BCUT2D eigenvalue weighted by Gasteiger charge is -2.22. The number of hydrogen-bond acceptors (Lipinski definition) is 3. The fourth-order valence-electron chi connectivity index (χ4n) is 2.61. The van der Waals surface area contributed by atoms with E-state index >= 15 is 0 Å². The van der Waals surface area contributed by atoms with Gasteiger partial charge < -0.3 is 11.1 Å². The molecule has 0 unspecified atom stereocenters. The maximum atomic E-state index is 12.2. The predicted molar refractivity (Wildman–Crippen MR) is 86.0 cm³/mol. The highest BCUT2D eigenvalue weighted by Gasteiger charge is 2.31. The van der Waals surface area contributed by atoms with Crippen LogP contribution in [0, 0.1) is 0 Å². The van der Waals surface area contributed by atoms with Gasteiger partial charge in [-0.3, -0.25) is 4.79 Å². The van der Waals surface area contributed by atoms with Gasteiger partial charge in [0.25, 0.3) is 0 Å². The summed E-state index contributed by atoms with van der Waals surface area (Å²) in [6.07, 6.45) is 6.44. The van der Waals surface area contributed by atoms with Crippen molar-refractivity contribution >= 4 is 23.4 Å². The van der Waals surface area contributed by atoms with Gasteiger partial charge in [-0.15, -0.1) is 18.3 Å². The van der Waals surface area contributed by atoms with Crippen LogP contribution in [0.2, 0.25) is 0 Å². The van der Waals surface area contributed by atoms with E-state index in [-0.39, 0.29) is 11.4 Å². The van der Waals surface area contributed by atoms with Crippen molar-refractivity contribution in [2.45, 2.75) is 42.5 Å². The third-order valence-corrected chi connectivity index (χ3v) is 4.70. The molecule has 108 valence electrons. The van der Waals surface area contributed by atoms with E-state index in [0.717, 1.165) is 42.0 Å². The van der Waals surface area contributed by atoms with Crippen LogP contribution in [0.15, 0.2) is 41.8 Å². The van der Waals surface area contributed by atoms with E-state index in [1.54, 1.807) is 11.8 Å². The number of rotatable bonds is 6. The van der Waals surface area contributed by atoms with Crippen molar-refractivity contribution in [1.82, 2.24) is 0 Å². The molecule has 2 rings (SSSR count). The summed E-state index contributed by atoms with van der Waals surface area (Å²) in [5.41, 5.74) is 6.82. The molecule has 0 saturated heterocycles. The smallest absolute Gasteiger partial charge is 0.226 e. The molecule has 1 fully saturated rings. The second-order valence-corrected chi connectivity index (χ2v) is 6.45. The molecular formula is C16H22N2OS. The third-order valence-electron chi connectivity index (χ3n) is 3.63. The number of anilines is 1. The van der Waals surface area contributed by atoms with Crippen molar-refractivity contribution in [1.29, 1.82) is 0 Å². The first kappa shape index (κ1) is 15.1. The Morgan fingerprint density at radius 1 is 1.40 bits per heavy atom. The molecule has 0 heterocycles. The molecule has 1 amide bonds. The Morgan fingerprint density at radius 2 is 2.10 bits per heavy atom. The Labute approximate surface area is 125 Å². The summed E-state index contributed by atoms with van der Waals surface area (Å²) in [6, 6.07) is 7.85. The van der Waals surface area contributed by atoms with Crippen LogP contribution < -0.4 is 11.1 Å². The fraction of sp³-hybridized carbons (Fsp3) is 0.438. The summed E-state index contributed by atoms with van der Waals surface area (Å²) in [4.78, 5) is 13.2. The quantitative estimate of drug-likeness (QED) is 0.622. The number of hydrogen-bond donors (Lipinski definition) is 2. The van der Waals surface area contributed by atoms with Gasteiger partial charge in [0.05, 0.1) is 5.69 Å². The first-order valence-electron chi connectivity index (χ1n) is 7.04. The highest BCUT2D eigenvalue weighted by Crippen LogP contribution is 2.31. The lowest BCUT2D eigenvalue weighted by atomic mass is 9.94. The molecule has 1 aliphatic carbocycles. The van der Waals surface area contributed by atoms with Crippen LogP contribution in [-0.2, 0) is 4.79 Å².